The van der Waals surface area contributed by atoms with Crippen LogP contribution in [0.4, 0.5) is 11.4 Å². The molecule has 1 aromatic carbocycles. The Labute approximate surface area is 96.6 Å². The highest BCUT2D eigenvalue weighted by molar-refractivity contribution is 5.85. The summed E-state index contributed by atoms with van der Waals surface area (Å²) in [6.07, 6.45) is 0. The molecule has 0 amide bonds. The number of hydrogen-bond acceptors (Lipinski definition) is 3. The van der Waals surface area contributed by atoms with E-state index in [9.17, 15) is 0 Å². The topological polar surface area (TPSA) is 61.3 Å². The van der Waals surface area contributed by atoms with Gasteiger partial charge in [-0.05, 0) is 31.5 Å². The average Bonchev–Trinajstić information content (AvgIpc) is 2.01. The first-order valence-electron chi connectivity index (χ1n) is 3.93. The lowest BCUT2D eigenvalue weighted by molar-refractivity contribution is 0.342. The summed E-state index contributed by atoms with van der Waals surface area (Å²) < 4.78 is 5.29. The van der Waals surface area contributed by atoms with Crippen molar-refractivity contribution in [2.45, 2.75) is 13.8 Å². The average molecular weight is 239 g/mol. The van der Waals surface area contributed by atoms with E-state index < -0.39 is 0 Å². The number of anilines is 2. The first-order valence-corrected chi connectivity index (χ1v) is 3.93. The Morgan fingerprint density at radius 1 is 1.14 bits per heavy atom. The van der Waals surface area contributed by atoms with Crippen LogP contribution in [-0.4, -0.2) is 6.61 Å². The van der Waals surface area contributed by atoms with Gasteiger partial charge in [0.1, 0.15) is 5.75 Å². The van der Waals surface area contributed by atoms with Crippen molar-refractivity contribution in [2.75, 3.05) is 18.1 Å². The third-order valence-electron chi connectivity index (χ3n) is 1.70. The van der Waals surface area contributed by atoms with E-state index in [1.165, 1.54) is 0 Å². The summed E-state index contributed by atoms with van der Waals surface area (Å²) in [4.78, 5) is 0. The maximum Gasteiger partial charge on any atom is 0.142 e. The molecular weight excluding hydrogens is 223 g/mol. The van der Waals surface area contributed by atoms with Gasteiger partial charge in [-0.3, -0.25) is 0 Å². The molecule has 82 valence electrons. The van der Waals surface area contributed by atoms with Crippen LogP contribution in [0.15, 0.2) is 12.1 Å². The van der Waals surface area contributed by atoms with E-state index in [0.717, 1.165) is 5.56 Å². The quantitative estimate of drug-likeness (QED) is 0.779. The van der Waals surface area contributed by atoms with E-state index in [1.54, 1.807) is 6.07 Å². The Balaban J connectivity index is 0. The van der Waals surface area contributed by atoms with Crippen LogP contribution in [0.25, 0.3) is 0 Å². The van der Waals surface area contributed by atoms with Gasteiger partial charge in [-0.25, -0.2) is 0 Å². The summed E-state index contributed by atoms with van der Waals surface area (Å²) in [5, 5.41) is 0. The molecule has 4 N–H and O–H groups in total. The molecule has 0 saturated carbocycles. The number of rotatable bonds is 2. The maximum atomic E-state index is 5.67. The van der Waals surface area contributed by atoms with Crippen LogP contribution in [0.2, 0.25) is 0 Å². The predicted octanol–water partition coefficient (Wildman–Crippen LogP) is 2.40. The van der Waals surface area contributed by atoms with Crippen LogP contribution in [0, 0.1) is 6.92 Å². The van der Waals surface area contributed by atoms with Gasteiger partial charge >= 0.3 is 0 Å². The molecule has 0 saturated heterocycles. The van der Waals surface area contributed by atoms with Gasteiger partial charge in [0.15, 0.2) is 0 Å². The van der Waals surface area contributed by atoms with Crippen LogP contribution in [-0.2, 0) is 0 Å². The van der Waals surface area contributed by atoms with Crippen molar-refractivity contribution in [1.29, 1.82) is 0 Å². The summed E-state index contributed by atoms with van der Waals surface area (Å²) >= 11 is 0. The van der Waals surface area contributed by atoms with Crippen LogP contribution in [0.1, 0.15) is 12.5 Å². The van der Waals surface area contributed by atoms with Gasteiger partial charge in [-0.15, -0.1) is 24.8 Å². The van der Waals surface area contributed by atoms with E-state index in [1.807, 2.05) is 19.9 Å². The van der Waals surface area contributed by atoms with Crippen molar-refractivity contribution in [2.24, 2.45) is 0 Å². The zero-order valence-electron chi connectivity index (χ0n) is 8.24. The lowest BCUT2D eigenvalue weighted by Gasteiger charge is -2.09. The number of nitrogens with two attached hydrogens (primary N) is 2. The summed E-state index contributed by atoms with van der Waals surface area (Å²) in [6, 6.07) is 3.58. The molecule has 5 heteroatoms. The fourth-order valence-electron chi connectivity index (χ4n) is 0.996. The fourth-order valence-corrected chi connectivity index (χ4v) is 0.996. The zero-order valence-corrected chi connectivity index (χ0v) is 9.87. The molecule has 0 aliphatic heterocycles. The number of aryl methyl sites for hydroxylation is 1. The molecule has 14 heavy (non-hydrogen) atoms. The highest BCUT2D eigenvalue weighted by Crippen LogP contribution is 2.26. The number of benzene rings is 1. The van der Waals surface area contributed by atoms with Crippen molar-refractivity contribution in [3.63, 3.8) is 0 Å². The number of halogens is 2. The van der Waals surface area contributed by atoms with E-state index in [0.29, 0.717) is 23.7 Å². The van der Waals surface area contributed by atoms with Gasteiger partial charge in [0.25, 0.3) is 0 Å². The second-order valence-electron chi connectivity index (χ2n) is 2.68. The molecule has 0 bridgehead atoms. The van der Waals surface area contributed by atoms with Crippen LogP contribution in [0.3, 0.4) is 0 Å². The van der Waals surface area contributed by atoms with Gasteiger partial charge in [-0.2, -0.15) is 0 Å². The third-order valence-corrected chi connectivity index (χ3v) is 1.70. The van der Waals surface area contributed by atoms with Gasteiger partial charge < -0.3 is 16.2 Å². The van der Waals surface area contributed by atoms with Crippen LogP contribution < -0.4 is 16.2 Å². The second kappa shape index (κ2) is 6.62. The molecule has 1 rings (SSSR count). The van der Waals surface area contributed by atoms with E-state index in [4.69, 9.17) is 16.2 Å². The largest absolute Gasteiger partial charge is 0.492 e. The maximum absolute atomic E-state index is 5.67. The summed E-state index contributed by atoms with van der Waals surface area (Å²) in [6.45, 7) is 4.47. The van der Waals surface area contributed by atoms with Gasteiger partial charge in [-0.1, -0.05) is 0 Å². The molecule has 0 heterocycles. The Morgan fingerprint density at radius 3 is 2.21 bits per heavy atom. The number of nitrogen functional groups attached to an aromatic ring is 2. The summed E-state index contributed by atoms with van der Waals surface area (Å²) in [5.41, 5.74) is 13.6. The van der Waals surface area contributed by atoms with Crippen LogP contribution in [0.5, 0.6) is 5.75 Å². The molecule has 0 aliphatic rings. The predicted molar refractivity (Wildman–Crippen MR) is 65.7 cm³/mol. The molecule has 0 spiro atoms. The highest BCUT2D eigenvalue weighted by atomic mass is 35.5. The lowest BCUT2D eigenvalue weighted by Crippen LogP contribution is -1.99. The molecular formula is C9H16Cl2N2O. The summed E-state index contributed by atoms with van der Waals surface area (Å²) in [7, 11) is 0. The molecule has 0 aromatic heterocycles. The van der Waals surface area contributed by atoms with E-state index >= 15 is 0 Å². The molecule has 0 fully saturated rings. The smallest absolute Gasteiger partial charge is 0.142 e. The Hall–Kier alpha value is -0.800. The Bertz CT molecular complexity index is 292. The minimum atomic E-state index is 0. The normalized spacial score (nSPS) is 8.43. The van der Waals surface area contributed by atoms with Gasteiger partial charge in [0.2, 0.25) is 0 Å². The van der Waals surface area contributed by atoms with E-state index in [-0.39, 0.29) is 24.8 Å². The van der Waals surface area contributed by atoms with Gasteiger partial charge in [0.05, 0.1) is 12.3 Å². The minimum Gasteiger partial charge on any atom is -0.492 e. The Kier molecular flexibility index (Phi) is 7.41. The molecule has 3 nitrogen and oxygen atoms in total. The lowest BCUT2D eigenvalue weighted by atomic mass is 10.2. The standard InChI is InChI=1S/C9H14N2O.2ClH/c1-3-12-9-4-6(2)7(10)5-8(9)11;;/h4-5H,3,10-11H2,1-2H3;2*1H. The summed E-state index contributed by atoms with van der Waals surface area (Å²) in [5.74, 6) is 0.712. The molecule has 0 aliphatic carbocycles. The molecule has 0 radical (unpaired) electrons. The number of hydrogen-bond donors (Lipinski definition) is 2. The van der Waals surface area contributed by atoms with Gasteiger partial charge in [0, 0.05) is 5.69 Å². The SMILES string of the molecule is CCOc1cc(C)c(N)cc1N.Cl.Cl. The fraction of sp³-hybridized carbons (Fsp3) is 0.333. The van der Waals surface area contributed by atoms with Crippen molar-refractivity contribution < 1.29 is 4.74 Å². The third kappa shape index (κ3) is 3.52. The van der Waals surface area contributed by atoms with Crippen molar-refractivity contribution in [3.8, 4) is 5.75 Å². The molecule has 0 unspecified atom stereocenters. The van der Waals surface area contributed by atoms with E-state index in [2.05, 4.69) is 0 Å². The first kappa shape index (κ1) is 15.7. The second-order valence-corrected chi connectivity index (χ2v) is 2.68. The van der Waals surface area contributed by atoms with Crippen molar-refractivity contribution in [3.05, 3.63) is 17.7 Å². The highest BCUT2D eigenvalue weighted by Gasteiger charge is 2.02. The Morgan fingerprint density at radius 2 is 1.71 bits per heavy atom. The molecule has 0 atom stereocenters. The monoisotopic (exact) mass is 238 g/mol. The molecule has 1 aromatic rings. The first-order chi connectivity index (χ1) is 5.65. The minimum absolute atomic E-state index is 0. The van der Waals surface area contributed by atoms with Crippen molar-refractivity contribution in [1.82, 2.24) is 0 Å². The van der Waals surface area contributed by atoms with Crippen molar-refractivity contribution >= 4 is 36.2 Å². The van der Waals surface area contributed by atoms with Crippen LogP contribution >= 0.6 is 24.8 Å². The zero-order chi connectivity index (χ0) is 9.14. The number of ether oxygens (including phenoxy) is 1.